The second-order valence-corrected chi connectivity index (χ2v) is 21.0. The van der Waals surface area contributed by atoms with Gasteiger partial charge in [-0.05, 0) is 128 Å². The first-order valence-corrected chi connectivity index (χ1v) is 21.2. The van der Waals surface area contributed by atoms with Crippen LogP contribution < -0.4 is 0 Å². The number of carbonyl (C=O) groups is 4. The quantitative estimate of drug-likeness (QED) is 0.227. The number of carboxylic acid groups (broad SMARTS) is 1. The predicted molar refractivity (Wildman–Crippen MR) is 214 cm³/mol. The third-order valence-corrected chi connectivity index (χ3v) is 16.9. The maximum absolute atomic E-state index is 14.2. The molecule has 0 radical (unpaired) electrons. The lowest BCUT2D eigenvalue weighted by atomic mass is 9.33. The Bertz CT molecular complexity index is 1750. The number of allylic oxidation sites excluding steroid dienone is 1. The van der Waals surface area contributed by atoms with Crippen molar-refractivity contribution in [1.29, 1.82) is 0 Å². The van der Waals surface area contributed by atoms with E-state index in [1.54, 1.807) is 25.7 Å². The summed E-state index contributed by atoms with van der Waals surface area (Å²) >= 11 is 6.14. The first kappa shape index (κ1) is 41.9. The van der Waals surface area contributed by atoms with E-state index in [4.69, 9.17) is 16.3 Å². The molecule has 0 heterocycles. The van der Waals surface area contributed by atoms with Crippen molar-refractivity contribution in [2.24, 2.45) is 56.2 Å². The Morgan fingerprint density at radius 2 is 1.58 bits per heavy atom. The minimum Gasteiger partial charge on any atom is -0.481 e. The Balaban J connectivity index is 1.29. The molecule has 8 nitrogen and oxygen atoms in total. The van der Waals surface area contributed by atoms with E-state index in [9.17, 15) is 29.4 Å². The van der Waals surface area contributed by atoms with Crippen molar-refractivity contribution >= 4 is 35.2 Å². The van der Waals surface area contributed by atoms with E-state index in [2.05, 4.69) is 48.5 Å². The predicted octanol–water partition coefficient (Wildman–Crippen LogP) is 9.44. The largest absolute Gasteiger partial charge is 0.481 e. The molecular weight excluding hydrogens is 714 g/mol. The number of halogens is 1. The normalized spacial score (nSPS) is 36.0. The number of esters is 1. The van der Waals surface area contributed by atoms with Crippen molar-refractivity contribution < 1.29 is 34.1 Å². The van der Waals surface area contributed by atoms with Crippen LogP contribution in [0.1, 0.15) is 139 Å². The highest BCUT2D eigenvalue weighted by molar-refractivity contribution is 6.30. The standard InChI is InChI=1S/C46H66ClNO7/c1-27(2)38-32(50)23-46(35(51)26-48(28(3)49)25-29-11-13-30(47)14-12-29)22-21-44(9)31(39(38)46)15-16-34-43(8)19-18-36(55-37(52)24-41(4,5)40(53)54)42(6,7)33(43)17-20-45(34,44)10/h11-14,27,31,33-36,51H,15-26H2,1-10H3,(H,53,54)/t31-,33+,34-,35-,36+,43+,44?,45-,46+/m1/s1. The van der Waals surface area contributed by atoms with E-state index < -0.39 is 28.9 Å². The van der Waals surface area contributed by atoms with Gasteiger partial charge in [0, 0.05) is 42.3 Å². The minimum absolute atomic E-state index is 0.00981. The minimum atomic E-state index is -1.18. The molecule has 9 atom stereocenters. The van der Waals surface area contributed by atoms with Crippen LogP contribution in [0.2, 0.25) is 5.02 Å². The highest BCUT2D eigenvalue weighted by Gasteiger charge is 2.71. The fourth-order valence-corrected chi connectivity index (χ4v) is 13.5. The summed E-state index contributed by atoms with van der Waals surface area (Å²) in [5.41, 5.74) is 0.809. The van der Waals surface area contributed by atoms with Crippen LogP contribution in [0.3, 0.4) is 0 Å². The Morgan fingerprint density at radius 1 is 0.927 bits per heavy atom. The molecule has 1 amide bonds. The number of aliphatic hydroxyl groups is 1. The van der Waals surface area contributed by atoms with E-state index in [0.29, 0.717) is 36.2 Å². The molecule has 2 N–H and O–H groups in total. The van der Waals surface area contributed by atoms with E-state index in [-0.39, 0.29) is 64.3 Å². The highest BCUT2D eigenvalue weighted by Crippen LogP contribution is 2.77. The molecule has 1 unspecified atom stereocenters. The summed E-state index contributed by atoms with van der Waals surface area (Å²) in [6.07, 6.45) is 6.35. The molecule has 0 aliphatic heterocycles. The van der Waals surface area contributed by atoms with Gasteiger partial charge in [0.2, 0.25) is 5.91 Å². The second-order valence-electron chi connectivity index (χ2n) is 20.6. The number of benzene rings is 1. The van der Waals surface area contributed by atoms with E-state index >= 15 is 0 Å². The van der Waals surface area contributed by atoms with Gasteiger partial charge in [-0.1, -0.05) is 77.8 Å². The Hall–Kier alpha value is -2.71. The van der Waals surface area contributed by atoms with Crippen LogP contribution in [-0.4, -0.2) is 57.5 Å². The molecule has 55 heavy (non-hydrogen) atoms. The van der Waals surface area contributed by atoms with Gasteiger partial charge < -0.3 is 19.8 Å². The molecule has 4 fully saturated rings. The van der Waals surface area contributed by atoms with E-state index in [1.807, 2.05) is 24.3 Å². The molecule has 304 valence electrons. The van der Waals surface area contributed by atoms with Crippen molar-refractivity contribution in [2.75, 3.05) is 6.54 Å². The average molecular weight is 780 g/mol. The third kappa shape index (κ3) is 6.71. The lowest BCUT2D eigenvalue weighted by Crippen LogP contribution is -2.66. The smallest absolute Gasteiger partial charge is 0.309 e. The van der Waals surface area contributed by atoms with Gasteiger partial charge in [0.15, 0.2) is 5.78 Å². The first-order chi connectivity index (χ1) is 25.4. The molecule has 1 aromatic rings. The second kappa shape index (κ2) is 14.3. The molecule has 9 heteroatoms. The van der Waals surface area contributed by atoms with Crippen LogP contribution in [0.4, 0.5) is 0 Å². The molecule has 1 aromatic carbocycles. The number of amides is 1. The zero-order chi connectivity index (χ0) is 40.7. The van der Waals surface area contributed by atoms with Gasteiger partial charge in [0.25, 0.3) is 0 Å². The number of hydrogen-bond acceptors (Lipinski definition) is 6. The molecule has 0 spiro atoms. The van der Waals surface area contributed by atoms with E-state index in [1.165, 1.54) is 5.57 Å². The van der Waals surface area contributed by atoms with Gasteiger partial charge in [-0.25, -0.2) is 0 Å². The number of rotatable bonds is 10. The summed E-state index contributed by atoms with van der Waals surface area (Å²) < 4.78 is 6.16. The fraction of sp³-hybridized carbons (Fsp3) is 0.739. The average Bonchev–Trinajstić information content (AvgIpc) is 3.40. The molecule has 0 saturated heterocycles. The monoisotopic (exact) mass is 779 g/mol. The number of hydrogen-bond donors (Lipinski definition) is 2. The van der Waals surface area contributed by atoms with E-state index in [0.717, 1.165) is 56.1 Å². The summed E-state index contributed by atoms with van der Waals surface area (Å²) in [7, 11) is 0. The summed E-state index contributed by atoms with van der Waals surface area (Å²) in [4.78, 5) is 53.8. The summed E-state index contributed by atoms with van der Waals surface area (Å²) in [5, 5.41) is 22.7. The molecule has 0 aromatic heterocycles. The summed E-state index contributed by atoms with van der Waals surface area (Å²) in [6.45, 7) is 21.5. The molecule has 0 bridgehead atoms. The summed E-state index contributed by atoms with van der Waals surface area (Å²) in [6, 6.07) is 7.45. The van der Waals surface area contributed by atoms with Gasteiger partial charge in [-0.2, -0.15) is 0 Å². The maximum Gasteiger partial charge on any atom is 0.309 e. The topological polar surface area (TPSA) is 121 Å². The van der Waals surface area contributed by atoms with Crippen LogP contribution in [0, 0.1) is 56.2 Å². The van der Waals surface area contributed by atoms with Crippen LogP contribution in [0.25, 0.3) is 0 Å². The third-order valence-electron chi connectivity index (χ3n) is 16.6. The fourth-order valence-electron chi connectivity index (χ4n) is 13.4. The van der Waals surface area contributed by atoms with Crippen LogP contribution in [0.15, 0.2) is 35.4 Å². The zero-order valence-corrected chi connectivity index (χ0v) is 35.8. The Kier molecular flexibility index (Phi) is 10.9. The molecule has 4 saturated carbocycles. The zero-order valence-electron chi connectivity index (χ0n) is 35.0. The summed E-state index contributed by atoms with van der Waals surface area (Å²) in [5.74, 6) is -0.431. The van der Waals surface area contributed by atoms with Gasteiger partial charge in [0.05, 0.1) is 17.9 Å². The number of carboxylic acids is 1. The number of ketones is 1. The van der Waals surface area contributed by atoms with Crippen molar-refractivity contribution in [2.45, 2.75) is 152 Å². The van der Waals surface area contributed by atoms with Crippen molar-refractivity contribution in [3.05, 3.63) is 46.0 Å². The van der Waals surface area contributed by atoms with Gasteiger partial charge in [-0.15, -0.1) is 0 Å². The number of nitrogens with zero attached hydrogens (tertiary/aromatic N) is 1. The van der Waals surface area contributed by atoms with Crippen LogP contribution in [-0.2, 0) is 30.5 Å². The highest BCUT2D eigenvalue weighted by atomic mass is 35.5. The van der Waals surface area contributed by atoms with Crippen molar-refractivity contribution in [1.82, 2.24) is 4.90 Å². The maximum atomic E-state index is 14.2. The van der Waals surface area contributed by atoms with Gasteiger partial charge >= 0.3 is 11.9 Å². The SMILES string of the molecule is CC(=O)N(Cc1ccc(Cl)cc1)C[C@@H](O)[C@@]12CCC3(C)[C@H](CC[C@@H]4[C@@]5(C)CC[C@H](OC(=O)CC(C)(C)C(=O)O)C(C)(C)[C@@H]5CC[C@]43C)C1=C(C(C)C)C(=O)C2. The number of aliphatic hydroxyl groups excluding tert-OH is 1. The number of carbonyl (C=O) groups excluding carboxylic acids is 3. The number of Topliss-reactive ketones (excluding diaryl/α,β-unsaturated/α-hetero) is 1. The van der Waals surface area contributed by atoms with Crippen LogP contribution >= 0.6 is 11.6 Å². The van der Waals surface area contributed by atoms with Crippen molar-refractivity contribution in [3.63, 3.8) is 0 Å². The van der Waals surface area contributed by atoms with Crippen molar-refractivity contribution in [3.8, 4) is 0 Å². The van der Waals surface area contributed by atoms with Gasteiger partial charge in [0.1, 0.15) is 6.10 Å². The Morgan fingerprint density at radius 3 is 2.18 bits per heavy atom. The molecular formula is C46H66ClNO7. The number of aliphatic carboxylic acids is 1. The molecule has 5 aliphatic rings. The number of fused-ring (bicyclic) bond motifs is 7. The molecule has 6 rings (SSSR count). The molecule has 5 aliphatic carbocycles. The van der Waals surface area contributed by atoms with Crippen LogP contribution in [0.5, 0.6) is 0 Å². The number of ether oxygens (including phenoxy) is 1. The van der Waals surface area contributed by atoms with Gasteiger partial charge in [-0.3, -0.25) is 19.2 Å². The lowest BCUT2D eigenvalue weighted by molar-refractivity contribution is -0.235. The Labute approximate surface area is 334 Å². The lowest BCUT2D eigenvalue weighted by Gasteiger charge is -2.72. The first-order valence-electron chi connectivity index (χ1n) is 20.8.